The molecule has 1 heterocycles. The lowest BCUT2D eigenvalue weighted by Gasteiger charge is -1.96. The molecule has 0 amide bonds. The van der Waals surface area contributed by atoms with Gasteiger partial charge in [-0.25, -0.2) is 0 Å². The van der Waals surface area contributed by atoms with Crippen molar-refractivity contribution < 1.29 is 9.53 Å². The number of epoxide rings is 1. The van der Waals surface area contributed by atoms with E-state index < -0.39 is 0 Å². The summed E-state index contributed by atoms with van der Waals surface area (Å²) in [4.78, 5) is 9.92. The number of unbranched alkanes of at least 4 members (excludes halogenated alkanes) is 4. The molecule has 0 aliphatic carbocycles. The van der Waals surface area contributed by atoms with Gasteiger partial charge in [-0.05, 0) is 25.3 Å². The van der Waals surface area contributed by atoms with Crippen LogP contribution in [0.15, 0.2) is 12.2 Å². The van der Waals surface area contributed by atoms with Crippen LogP contribution >= 0.6 is 0 Å². The lowest BCUT2D eigenvalue weighted by atomic mass is 10.1. The molecule has 1 aliphatic heterocycles. The summed E-state index contributed by atoms with van der Waals surface area (Å²) in [6.45, 7) is 0.988. The zero-order valence-electron chi connectivity index (χ0n) is 8.08. The molecule has 0 bridgehead atoms. The number of hydrogen-bond donors (Lipinski definition) is 0. The van der Waals surface area contributed by atoms with E-state index >= 15 is 0 Å². The van der Waals surface area contributed by atoms with Crippen LogP contribution in [-0.2, 0) is 9.53 Å². The minimum atomic E-state index is 0.593. The van der Waals surface area contributed by atoms with Gasteiger partial charge in [-0.3, -0.25) is 4.79 Å². The molecule has 0 aromatic rings. The Bertz CT molecular complexity index is 159. The molecule has 0 spiro atoms. The van der Waals surface area contributed by atoms with Crippen LogP contribution in [0.3, 0.4) is 0 Å². The summed E-state index contributed by atoms with van der Waals surface area (Å²) in [7, 11) is 0. The van der Waals surface area contributed by atoms with E-state index in [1.807, 2.05) is 6.08 Å². The predicted octanol–water partition coefficient (Wildman–Crippen LogP) is 2.48. The third kappa shape index (κ3) is 6.52. The summed E-state index contributed by atoms with van der Waals surface area (Å²) in [5.41, 5.74) is 0. The van der Waals surface area contributed by atoms with Crippen LogP contribution in [0.25, 0.3) is 0 Å². The minimum absolute atomic E-state index is 0.593. The number of aldehydes is 1. The number of carbonyl (C=O) groups is 1. The van der Waals surface area contributed by atoms with Crippen molar-refractivity contribution in [2.45, 2.75) is 44.6 Å². The van der Waals surface area contributed by atoms with Gasteiger partial charge in [0.15, 0.2) is 0 Å². The highest BCUT2D eigenvalue weighted by Crippen LogP contribution is 2.17. The number of allylic oxidation sites excluding steroid dienone is 2. The first-order valence-electron chi connectivity index (χ1n) is 5.15. The fourth-order valence-electron chi connectivity index (χ4n) is 1.37. The molecule has 0 N–H and O–H groups in total. The van der Waals surface area contributed by atoms with Crippen LogP contribution in [0.4, 0.5) is 0 Å². The van der Waals surface area contributed by atoms with Crippen molar-refractivity contribution in [3.63, 3.8) is 0 Å². The van der Waals surface area contributed by atoms with Crippen LogP contribution in [0, 0.1) is 0 Å². The number of hydrogen-bond acceptors (Lipinski definition) is 2. The van der Waals surface area contributed by atoms with Gasteiger partial charge in [0, 0.05) is 0 Å². The first-order chi connectivity index (χ1) is 6.43. The molecule has 0 saturated carbocycles. The molecule has 1 unspecified atom stereocenters. The molecule has 1 atom stereocenters. The third-order valence-electron chi connectivity index (χ3n) is 2.26. The second-order valence-corrected chi connectivity index (χ2v) is 3.51. The number of rotatable bonds is 8. The van der Waals surface area contributed by atoms with Crippen molar-refractivity contribution >= 4 is 6.29 Å². The maximum atomic E-state index is 9.92. The Morgan fingerprint density at radius 2 is 2.00 bits per heavy atom. The van der Waals surface area contributed by atoms with Crippen molar-refractivity contribution in [1.82, 2.24) is 0 Å². The van der Waals surface area contributed by atoms with Crippen LogP contribution in [0.2, 0.25) is 0 Å². The zero-order chi connectivity index (χ0) is 9.36. The summed E-state index contributed by atoms with van der Waals surface area (Å²) in [6.07, 6.45) is 12.3. The van der Waals surface area contributed by atoms with Gasteiger partial charge in [-0.2, -0.15) is 0 Å². The van der Waals surface area contributed by atoms with E-state index in [0.29, 0.717) is 6.10 Å². The van der Waals surface area contributed by atoms with Gasteiger partial charge in [-0.15, -0.1) is 0 Å². The monoisotopic (exact) mass is 182 g/mol. The Morgan fingerprint density at radius 1 is 1.23 bits per heavy atom. The first kappa shape index (κ1) is 10.5. The topological polar surface area (TPSA) is 29.6 Å². The molecule has 2 nitrogen and oxygen atoms in total. The molecule has 1 aliphatic rings. The fraction of sp³-hybridized carbons (Fsp3) is 0.727. The van der Waals surface area contributed by atoms with Gasteiger partial charge in [0.05, 0.1) is 12.7 Å². The highest BCUT2D eigenvalue weighted by molar-refractivity contribution is 5.64. The Hall–Kier alpha value is -0.630. The van der Waals surface area contributed by atoms with Crippen molar-refractivity contribution in [3.8, 4) is 0 Å². The highest BCUT2D eigenvalue weighted by Gasteiger charge is 2.20. The van der Waals surface area contributed by atoms with Gasteiger partial charge in [0.1, 0.15) is 6.29 Å². The molecule has 0 aromatic heterocycles. The number of ether oxygens (including phenoxy) is 1. The molecule has 74 valence electrons. The van der Waals surface area contributed by atoms with Gasteiger partial charge in [0.2, 0.25) is 0 Å². The highest BCUT2D eigenvalue weighted by atomic mass is 16.6. The predicted molar refractivity (Wildman–Crippen MR) is 52.6 cm³/mol. The maximum Gasteiger partial charge on any atom is 0.142 e. The van der Waals surface area contributed by atoms with Crippen molar-refractivity contribution in [1.29, 1.82) is 0 Å². The lowest BCUT2D eigenvalue weighted by Crippen LogP contribution is -1.85. The molecule has 1 fully saturated rings. The summed E-state index contributed by atoms with van der Waals surface area (Å²) in [6, 6.07) is 0. The summed E-state index contributed by atoms with van der Waals surface area (Å²) >= 11 is 0. The second-order valence-electron chi connectivity index (χ2n) is 3.51. The molecular formula is C11H18O2. The van der Waals surface area contributed by atoms with Crippen LogP contribution in [0.1, 0.15) is 38.5 Å². The van der Waals surface area contributed by atoms with Crippen LogP contribution in [-0.4, -0.2) is 19.0 Å². The smallest absolute Gasteiger partial charge is 0.142 e. The quantitative estimate of drug-likeness (QED) is 0.250. The largest absolute Gasteiger partial charge is 0.373 e. The maximum absolute atomic E-state index is 9.92. The SMILES string of the molecule is O=CC=CCCCCCCC1CO1. The van der Waals surface area contributed by atoms with E-state index in [0.717, 1.165) is 19.3 Å². The summed E-state index contributed by atoms with van der Waals surface area (Å²) in [5, 5.41) is 0. The second kappa shape index (κ2) is 6.84. The van der Waals surface area contributed by atoms with E-state index in [1.165, 1.54) is 32.1 Å². The normalized spacial score (nSPS) is 20.8. The van der Waals surface area contributed by atoms with Crippen molar-refractivity contribution in [3.05, 3.63) is 12.2 Å². The average molecular weight is 182 g/mol. The van der Waals surface area contributed by atoms with E-state index in [2.05, 4.69) is 0 Å². The van der Waals surface area contributed by atoms with Crippen LogP contribution in [0.5, 0.6) is 0 Å². The lowest BCUT2D eigenvalue weighted by molar-refractivity contribution is -0.104. The molecule has 13 heavy (non-hydrogen) atoms. The Labute approximate surface area is 80.0 Å². The molecule has 1 saturated heterocycles. The minimum Gasteiger partial charge on any atom is -0.373 e. The zero-order valence-corrected chi connectivity index (χ0v) is 8.08. The van der Waals surface area contributed by atoms with Gasteiger partial charge in [0.25, 0.3) is 0 Å². The summed E-state index contributed by atoms with van der Waals surface area (Å²) < 4.78 is 5.12. The van der Waals surface area contributed by atoms with E-state index in [1.54, 1.807) is 6.08 Å². The van der Waals surface area contributed by atoms with Crippen molar-refractivity contribution in [2.24, 2.45) is 0 Å². The van der Waals surface area contributed by atoms with Crippen LogP contribution < -0.4 is 0 Å². The standard InChI is InChI=1S/C11H18O2/c12-9-7-5-3-1-2-4-6-8-11-10-13-11/h5,7,9,11H,1-4,6,8,10H2. The number of carbonyl (C=O) groups excluding carboxylic acids is 1. The molecular weight excluding hydrogens is 164 g/mol. The molecule has 0 aromatic carbocycles. The first-order valence-corrected chi connectivity index (χ1v) is 5.15. The summed E-state index contributed by atoms with van der Waals surface area (Å²) in [5.74, 6) is 0. The molecule has 0 radical (unpaired) electrons. The van der Waals surface area contributed by atoms with E-state index in [-0.39, 0.29) is 0 Å². The van der Waals surface area contributed by atoms with E-state index in [9.17, 15) is 4.79 Å². The molecule has 2 heteroatoms. The third-order valence-corrected chi connectivity index (χ3v) is 2.26. The molecule has 1 rings (SSSR count). The van der Waals surface area contributed by atoms with Crippen molar-refractivity contribution in [2.75, 3.05) is 6.61 Å². The Balaban J connectivity index is 1.72. The van der Waals surface area contributed by atoms with Gasteiger partial charge < -0.3 is 4.74 Å². The average Bonchev–Trinajstić information content (AvgIpc) is 2.93. The Morgan fingerprint density at radius 3 is 2.69 bits per heavy atom. The Kier molecular flexibility index (Phi) is 5.50. The van der Waals surface area contributed by atoms with E-state index in [4.69, 9.17) is 4.74 Å². The van der Waals surface area contributed by atoms with Gasteiger partial charge in [-0.1, -0.05) is 25.3 Å². The fourth-order valence-corrected chi connectivity index (χ4v) is 1.37. The van der Waals surface area contributed by atoms with Gasteiger partial charge >= 0.3 is 0 Å².